The largest absolute Gasteiger partial charge is 0.403 e. The van der Waals surface area contributed by atoms with Crippen LogP contribution < -0.4 is 0 Å². The van der Waals surface area contributed by atoms with Crippen LogP contribution in [0.2, 0.25) is 0 Å². The molecule has 0 bridgehead atoms. The van der Waals surface area contributed by atoms with Crippen LogP contribution in [0.25, 0.3) is 12.2 Å². The van der Waals surface area contributed by atoms with Gasteiger partial charge in [-0.25, -0.2) is 9.79 Å². The second-order valence-electron chi connectivity index (χ2n) is 5.34. The average molecular weight is 346 g/mol. The molecule has 128 valence electrons. The van der Waals surface area contributed by atoms with Gasteiger partial charge in [-0.1, -0.05) is 42.5 Å². The predicted octanol–water partition coefficient (Wildman–Crippen LogP) is 4.16. The lowest BCUT2D eigenvalue weighted by Gasteiger charge is -1.94. The number of allylic oxidation sites excluding steroid dienone is 2. The van der Waals surface area contributed by atoms with E-state index in [4.69, 9.17) is 4.74 Å². The Bertz CT molecular complexity index is 940. The molecular formula is C20H14N2O4. The van der Waals surface area contributed by atoms with Gasteiger partial charge in [-0.05, 0) is 35.4 Å². The number of nitrogens with zero attached hydrogens (tertiary/aromatic N) is 2. The van der Waals surface area contributed by atoms with Crippen molar-refractivity contribution in [1.82, 2.24) is 0 Å². The summed E-state index contributed by atoms with van der Waals surface area (Å²) in [7, 11) is 0. The smallest absolute Gasteiger partial charge is 0.363 e. The molecule has 0 N–H and O–H groups in total. The topological polar surface area (TPSA) is 81.8 Å². The first-order chi connectivity index (χ1) is 12.6. The van der Waals surface area contributed by atoms with Crippen molar-refractivity contribution in [2.75, 3.05) is 0 Å². The maximum atomic E-state index is 11.8. The Kier molecular flexibility index (Phi) is 5.14. The third kappa shape index (κ3) is 4.39. The monoisotopic (exact) mass is 346 g/mol. The number of rotatable bonds is 5. The van der Waals surface area contributed by atoms with E-state index in [-0.39, 0.29) is 17.3 Å². The minimum absolute atomic E-state index is 0.0159. The van der Waals surface area contributed by atoms with Crippen LogP contribution in [0, 0.1) is 10.1 Å². The van der Waals surface area contributed by atoms with Gasteiger partial charge >= 0.3 is 5.97 Å². The summed E-state index contributed by atoms with van der Waals surface area (Å²) in [5, 5.41) is 10.6. The number of esters is 1. The van der Waals surface area contributed by atoms with Crippen molar-refractivity contribution in [2.45, 2.75) is 0 Å². The fourth-order valence-corrected chi connectivity index (χ4v) is 2.20. The first kappa shape index (κ1) is 17.0. The molecular weight excluding hydrogens is 332 g/mol. The highest BCUT2D eigenvalue weighted by Crippen LogP contribution is 2.15. The summed E-state index contributed by atoms with van der Waals surface area (Å²) >= 11 is 0. The van der Waals surface area contributed by atoms with Gasteiger partial charge in [0.2, 0.25) is 5.90 Å². The van der Waals surface area contributed by atoms with E-state index in [2.05, 4.69) is 4.99 Å². The van der Waals surface area contributed by atoms with Crippen molar-refractivity contribution in [1.29, 1.82) is 0 Å². The number of nitro benzene ring substituents is 1. The third-order valence-corrected chi connectivity index (χ3v) is 3.50. The highest BCUT2D eigenvalue weighted by Gasteiger charge is 2.20. The summed E-state index contributed by atoms with van der Waals surface area (Å²) in [5.74, 6) is -0.348. The van der Waals surface area contributed by atoms with Crippen molar-refractivity contribution in [3.63, 3.8) is 0 Å². The second kappa shape index (κ2) is 7.85. The van der Waals surface area contributed by atoms with Crippen LogP contribution in [0.15, 0.2) is 83.5 Å². The minimum atomic E-state index is -0.522. The number of hydrogen-bond acceptors (Lipinski definition) is 5. The summed E-state index contributed by atoms with van der Waals surface area (Å²) < 4.78 is 5.07. The predicted molar refractivity (Wildman–Crippen MR) is 99.2 cm³/mol. The van der Waals surface area contributed by atoms with E-state index in [1.165, 1.54) is 12.1 Å². The van der Waals surface area contributed by atoms with Gasteiger partial charge in [-0.2, -0.15) is 0 Å². The Morgan fingerprint density at radius 1 is 0.923 bits per heavy atom. The number of non-ortho nitro benzene ring substituents is 1. The summed E-state index contributed by atoms with van der Waals surface area (Å²) in [6.45, 7) is 0. The summed E-state index contributed by atoms with van der Waals surface area (Å²) in [4.78, 5) is 26.1. The van der Waals surface area contributed by atoms with Crippen LogP contribution in [0.4, 0.5) is 5.69 Å². The summed E-state index contributed by atoms with van der Waals surface area (Å²) in [6.07, 6.45) is 8.39. The maximum Gasteiger partial charge on any atom is 0.363 e. The van der Waals surface area contributed by atoms with Gasteiger partial charge in [0.25, 0.3) is 5.69 Å². The number of aliphatic imine (C=N–C) groups is 1. The van der Waals surface area contributed by atoms with Crippen molar-refractivity contribution in [3.8, 4) is 0 Å². The molecule has 0 unspecified atom stereocenters. The number of carbonyl (C=O) groups is 1. The first-order valence-electron chi connectivity index (χ1n) is 7.79. The average Bonchev–Trinajstić information content (AvgIpc) is 3.01. The van der Waals surface area contributed by atoms with E-state index in [9.17, 15) is 14.9 Å². The third-order valence-electron chi connectivity index (χ3n) is 3.50. The van der Waals surface area contributed by atoms with Gasteiger partial charge in [0.15, 0.2) is 5.70 Å². The van der Waals surface area contributed by atoms with E-state index in [1.54, 1.807) is 36.4 Å². The number of hydrogen-bond donors (Lipinski definition) is 0. The molecule has 2 aromatic rings. The summed E-state index contributed by atoms with van der Waals surface area (Å²) in [5.41, 5.74) is 1.97. The van der Waals surface area contributed by atoms with Gasteiger partial charge in [0.1, 0.15) is 0 Å². The zero-order chi connectivity index (χ0) is 18.4. The zero-order valence-electron chi connectivity index (χ0n) is 13.6. The Morgan fingerprint density at radius 2 is 1.62 bits per heavy atom. The van der Waals surface area contributed by atoms with E-state index in [0.29, 0.717) is 0 Å². The van der Waals surface area contributed by atoms with E-state index in [1.807, 2.05) is 36.4 Å². The highest BCUT2D eigenvalue weighted by atomic mass is 16.6. The van der Waals surface area contributed by atoms with E-state index in [0.717, 1.165) is 11.1 Å². The van der Waals surface area contributed by atoms with E-state index < -0.39 is 10.9 Å². The lowest BCUT2D eigenvalue weighted by atomic mass is 10.2. The van der Waals surface area contributed by atoms with Crippen LogP contribution in [-0.4, -0.2) is 16.8 Å². The first-order valence-corrected chi connectivity index (χ1v) is 7.79. The van der Waals surface area contributed by atoms with Crippen LogP contribution in [0.5, 0.6) is 0 Å². The fraction of sp³-hybridized carbons (Fsp3) is 0. The van der Waals surface area contributed by atoms with Crippen LogP contribution in [-0.2, 0) is 9.53 Å². The Hall–Kier alpha value is -3.80. The molecule has 0 amide bonds. The fourth-order valence-electron chi connectivity index (χ4n) is 2.20. The number of benzene rings is 2. The van der Waals surface area contributed by atoms with Gasteiger partial charge < -0.3 is 4.74 Å². The number of cyclic esters (lactones) is 1. The SMILES string of the molecule is O=C1OC(/C=C/c2ccc([N+](=O)[O-])cc2)=NC/1=C/C=C/c1ccccc1. The number of nitro groups is 1. The standard InChI is InChI=1S/C20H14N2O4/c23-20-18(8-4-7-15-5-2-1-3-6-15)21-19(26-20)14-11-16-9-12-17(13-10-16)22(24)25/h1-14H/b7-4+,14-11+,18-8+. The van der Waals surface area contributed by atoms with Crippen LogP contribution in [0.1, 0.15) is 11.1 Å². The van der Waals surface area contributed by atoms with E-state index >= 15 is 0 Å². The van der Waals surface area contributed by atoms with Crippen molar-refractivity contribution >= 4 is 29.7 Å². The lowest BCUT2D eigenvalue weighted by molar-refractivity contribution is -0.384. The minimum Gasteiger partial charge on any atom is -0.403 e. The molecule has 0 atom stereocenters. The molecule has 0 aromatic heterocycles. The molecule has 0 aliphatic carbocycles. The molecule has 2 aromatic carbocycles. The molecule has 0 saturated heterocycles. The molecule has 1 aliphatic heterocycles. The molecule has 26 heavy (non-hydrogen) atoms. The van der Waals surface area contributed by atoms with Crippen LogP contribution >= 0.6 is 0 Å². The summed E-state index contributed by atoms with van der Waals surface area (Å²) in [6, 6.07) is 15.7. The Morgan fingerprint density at radius 3 is 2.31 bits per heavy atom. The van der Waals surface area contributed by atoms with Gasteiger partial charge in [0.05, 0.1) is 4.92 Å². The quantitative estimate of drug-likeness (QED) is 0.352. The van der Waals surface area contributed by atoms with Gasteiger partial charge in [-0.3, -0.25) is 10.1 Å². The maximum absolute atomic E-state index is 11.8. The molecule has 6 heteroatoms. The molecule has 0 spiro atoms. The van der Waals surface area contributed by atoms with Gasteiger partial charge in [-0.15, -0.1) is 0 Å². The molecule has 0 radical (unpaired) electrons. The highest BCUT2D eigenvalue weighted by molar-refractivity contribution is 6.09. The van der Waals surface area contributed by atoms with Crippen molar-refractivity contribution in [2.24, 2.45) is 4.99 Å². The zero-order valence-corrected chi connectivity index (χ0v) is 13.6. The molecule has 6 nitrogen and oxygen atoms in total. The molecule has 3 rings (SSSR count). The number of carbonyl (C=O) groups excluding carboxylic acids is 1. The van der Waals surface area contributed by atoms with Gasteiger partial charge in [0, 0.05) is 18.2 Å². The second-order valence-corrected chi connectivity index (χ2v) is 5.34. The Balaban J connectivity index is 1.68. The molecule has 1 aliphatic rings. The molecule has 0 fully saturated rings. The molecule has 1 heterocycles. The lowest BCUT2D eigenvalue weighted by Crippen LogP contribution is -2.00. The molecule has 0 saturated carbocycles. The van der Waals surface area contributed by atoms with Crippen molar-refractivity contribution in [3.05, 3.63) is 99.8 Å². The normalized spacial score (nSPS) is 15.6. The Labute approximate surface area is 149 Å². The van der Waals surface area contributed by atoms with Crippen LogP contribution in [0.3, 0.4) is 0 Å². The number of ether oxygens (including phenoxy) is 1. The van der Waals surface area contributed by atoms with Crippen molar-refractivity contribution < 1.29 is 14.5 Å².